The molecule has 1 heterocycles. The first-order valence-corrected chi connectivity index (χ1v) is 8.62. The molecule has 0 saturated heterocycles. The van der Waals surface area contributed by atoms with Gasteiger partial charge in [0.05, 0.1) is 18.2 Å². The minimum atomic E-state index is -0.285. The summed E-state index contributed by atoms with van der Waals surface area (Å²) in [6, 6.07) is 4.77. The van der Waals surface area contributed by atoms with Gasteiger partial charge >= 0.3 is 0 Å². The Morgan fingerprint density at radius 3 is 2.81 bits per heavy atom. The number of nitrogens with one attached hydrogen (secondary N) is 1. The second kappa shape index (κ2) is 7.58. The summed E-state index contributed by atoms with van der Waals surface area (Å²) in [6.45, 7) is 2.86. The number of thiophene rings is 1. The topological polar surface area (TPSA) is 21.3 Å². The fourth-order valence-electron chi connectivity index (χ4n) is 2.00. The summed E-state index contributed by atoms with van der Waals surface area (Å²) in [5.41, 5.74) is 0.543. The molecule has 1 atom stereocenters. The van der Waals surface area contributed by atoms with Crippen LogP contribution in [0.4, 0.5) is 4.39 Å². The second-order valence-corrected chi connectivity index (χ2v) is 6.77. The maximum Gasteiger partial charge on any atom is 0.129 e. The van der Waals surface area contributed by atoms with Gasteiger partial charge in [0.1, 0.15) is 11.6 Å². The molecule has 0 saturated carbocycles. The van der Waals surface area contributed by atoms with E-state index in [0.29, 0.717) is 15.1 Å². The molecule has 0 bridgehead atoms. The Morgan fingerprint density at radius 1 is 1.43 bits per heavy atom. The van der Waals surface area contributed by atoms with Crippen molar-refractivity contribution in [2.45, 2.75) is 19.4 Å². The van der Waals surface area contributed by atoms with Crippen LogP contribution in [0.3, 0.4) is 0 Å². The molecule has 1 aromatic carbocycles. The number of rotatable bonds is 6. The zero-order valence-corrected chi connectivity index (χ0v) is 14.9. The van der Waals surface area contributed by atoms with E-state index in [2.05, 4.69) is 28.2 Å². The zero-order chi connectivity index (χ0) is 15.4. The van der Waals surface area contributed by atoms with Gasteiger partial charge in [-0.15, -0.1) is 11.3 Å². The van der Waals surface area contributed by atoms with Gasteiger partial charge in [-0.25, -0.2) is 4.39 Å². The number of methoxy groups -OCH3 is 1. The standard InChI is InChI=1S/C15H16BrClFNOS/c1-3-4-19-15(14-5-9(20-2)8-21-14)10-6-12(17)11(16)7-13(10)18/h5-8,15,19H,3-4H2,1-2H3. The van der Waals surface area contributed by atoms with Gasteiger partial charge in [-0.05, 0) is 47.1 Å². The Labute approximate surface area is 141 Å². The number of hydrogen-bond donors (Lipinski definition) is 1. The normalized spacial score (nSPS) is 12.4. The highest BCUT2D eigenvalue weighted by molar-refractivity contribution is 9.10. The molecule has 1 unspecified atom stereocenters. The van der Waals surface area contributed by atoms with Crippen LogP contribution in [0.2, 0.25) is 5.02 Å². The maximum absolute atomic E-state index is 14.3. The molecule has 114 valence electrons. The van der Waals surface area contributed by atoms with Crippen molar-refractivity contribution in [3.05, 3.63) is 49.3 Å². The fourth-order valence-corrected chi connectivity index (χ4v) is 3.44. The molecule has 0 aliphatic heterocycles. The van der Waals surface area contributed by atoms with E-state index in [4.69, 9.17) is 16.3 Å². The smallest absolute Gasteiger partial charge is 0.129 e. The van der Waals surface area contributed by atoms with Crippen LogP contribution in [0, 0.1) is 5.82 Å². The molecule has 1 aromatic heterocycles. The molecule has 0 fully saturated rings. The third-order valence-electron chi connectivity index (χ3n) is 3.06. The fraction of sp³-hybridized carbons (Fsp3) is 0.333. The van der Waals surface area contributed by atoms with Gasteiger partial charge in [0.2, 0.25) is 0 Å². The van der Waals surface area contributed by atoms with Gasteiger partial charge < -0.3 is 10.1 Å². The van der Waals surface area contributed by atoms with Gasteiger partial charge in [-0.1, -0.05) is 18.5 Å². The van der Waals surface area contributed by atoms with Gasteiger partial charge in [-0.2, -0.15) is 0 Å². The van der Waals surface area contributed by atoms with E-state index in [0.717, 1.165) is 23.6 Å². The number of benzene rings is 1. The summed E-state index contributed by atoms with van der Waals surface area (Å²) in [6.07, 6.45) is 0.963. The van der Waals surface area contributed by atoms with E-state index in [1.807, 2.05) is 11.4 Å². The SMILES string of the molecule is CCCNC(c1cc(OC)cs1)c1cc(Cl)c(Br)cc1F. The predicted molar refractivity (Wildman–Crippen MR) is 90.1 cm³/mol. The van der Waals surface area contributed by atoms with Gasteiger partial charge in [-0.3, -0.25) is 0 Å². The van der Waals surface area contributed by atoms with Crippen LogP contribution in [0.15, 0.2) is 28.1 Å². The van der Waals surface area contributed by atoms with E-state index in [1.165, 1.54) is 17.4 Å². The average Bonchev–Trinajstić information content (AvgIpc) is 2.93. The summed E-state index contributed by atoms with van der Waals surface area (Å²) in [5, 5.41) is 5.78. The monoisotopic (exact) mass is 391 g/mol. The van der Waals surface area contributed by atoms with E-state index in [9.17, 15) is 4.39 Å². The third-order valence-corrected chi connectivity index (χ3v) is 5.24. The van der Waals surface area contributed by atoms with Crippen LogP contribution >= 0.6 is 38.9 Å². The van der Waals surface area contributed by atoms with Crippen LogP contribution in [-0.2, 0) is 0 Å². The van der Waals surface area contributed by atoms with Crippen LogP contribution < -0.4 is 10.1 Å². The lowest BCUT2D eigenvalue weighted by molar-refractivity contribution is 0.416. The van der Waals surface area contributed by atoms with Crippen LogP contribution in [0.5, 0.6) is 5.75 Å². The maximum atomic E-state index is 14.3. The third kappa shape index (κ3) is 3.97. The van der Waals surface area contributed by atoms with E-state index in [1.54, 1.807) is 13.2 Å². The number of ether oxygens (including phenoxy) is 1. The Kier molecular flexibility index (Phi) is 6.05. The molecule has 21 heavy (non-hydrogen) atoms. The molecule has 2 aromatic rings. The molecule has 2 nitrogen and oxygen atoms in total. The van der Waals surface area contributed by atoms with Crippen molar-refractivity contribution in [2.75, 3.05) is 13.7 Å². The average molecular weight is 393 g/mol. The number of halogens is 3. The molecular formula is C15H16BrClFNOS. The van der Waals surface area contributed by atoms with Gasteiger partial charge in [0, 0.05) is 20.3 Å². The Balaban J connectivity index is 2.42. The summed E-state index contributed by atoms with van der Waals surface area (Å²) in [4.78, 5) is 0.998. The highest BCUT2D eigenvalue weighted by Gasteiger charge is 2.21. The Bertz CT molecular complexity index is 620. The van der Waals surface area contributed by atoms with Crippen LogP contribution in [0.1, 0.15) is 29.8 Å². The summed E-state index contributed by atoms with van der Waals surface area (Å²) in [5.74, 6) is 0.495. The first-order chi connectivity index (χ1) is 10.1. The van der Waals surface area contributed by atoms with E-state index >= 15 is 0 Å². The van der Waals surface area contributed by atoms with Crippen molar-refractivity contribution in [3.8, 4) is 5.75 Å². The summed E-state index contributed by atoms with van der Waals surface area (Å²) < 4.78 is 20.1. The Hall–Kier alpha value is -0.620. The highest BCUT2D eigenvalue weighted by atomic mass is 79.9. The summed E-state index contributed by atoms with van der Waals surface area (Å²) in [7, 11) is 1.62. The van der Waals surface area contributed by atoms with Crippen molar-refractivity contribution < 1.29 is 9.13 Å². The second-order valence-electron chi connectivity index (χ2n) is 4.56. The van der Waals surface area contributed by atoms with Crippen molar-refractivity contribution in [1.29, 1.82) is 0 Å². The minimum Gasteiger partial charge on any atom is -0.496 e. The first kappa shape index (κ1) is 16.7. The highest BCUT2D eigenvalue weighted by Crippen LogP contribution is 2.35. The molecule has 0 spiro atoms. The van der Waals surface area contributed by atoms with Gasteiger partial charge in [0.25, 0.3) is 0 Å². The van der Waals surface area contributed by atoms with Crippen LogP contribution in [0.25, 0.3) is 0 Å². The van der Waals surface area contributed by atoms with Crippen molar-refractivity contribution in [3.63, 3.8) is 0 Å². The minimum absolute atomic E-state index is 0.232. The van der Waals surface area contributed by atoms with E-state index < -0.39 is 0 Å². The zero-order valence-electron chi connectivity index (χ0n) is 11.8. The lowest BCUT2D eigenvalue weighted by Crippen LogP contribution is -2.23. The van der Waals surface area contributed by atoms with Crippen molar-refractivity contribution in [2.24, 2.45) is 0 Å². The quantitative estimate of drug-likeness (QED) is 0.664. The predicted octanol–water partition coefficient (Wildman–Crippen LogP) is 5.40. The molecule has 6 heteroatoms. The molecule has 0 radical (unpaired) electrons. The van der Waals surface area contributed by atoms with E-state index in [-0.39, 0.29) is 11.9 Å². The molecule has 0 aliphatic carbocycles. The van der Waals surface area contributed by atoms with Crippen molar-refractivity contribution in [1.82, 2.24) is 5.32 Å². The lowest BCUT2D eigenvalue weighted by Gasteiger charge is -2.19. The Morgan fingerprint density at radius 2 is 2.19 bits per heavy atom. The molecular weight excluding hydrogens is 377 g/mol. The molecule has 0 aliphatic rings. The van der Waals surface area contributed by atoms with Gasteiger partial charge in [0.15, 0.2) is 0 Å². The van der Waals surface area contributed by atoms with Crippen LogP contribution in [-0.4, -0.2) is 13.7 Å². The first-order valence-electron chi connectivity index (χ1n) is 6.57. The van der Waals surface area contributed by atoms with Crippen molar-refractivity contribution >= 4 is 38.9 Å². The molecule has 2 rings (SSSR count). The number of hydrogen-bond acceptors (Lipinski definition) is 3. The summed E-state index contributed by atoms with van der Waals surface area (Å²) >= 11 is 10.9. The molecule has 0 amide bonds. The molecule has 1 N–H and O–H groups in total. The lowest BCUT2D eigenvalue weighted by atomic mass is 10.0. The largest absolute Gasteiger partial charge is 0.496 e.